The summed E-state index contributed by atoms with van der Waals surface area (Å²) in [5.41, 5.74) is 14.1. The smallest absolute Gasteiger partial charge is 0.301 e. The Labute approximate surface area is 123 Å². The zero-order chi connectivity index (χ0) is 15.0. The fraction of sp³-hybridized carbons (Fsp3) is 0.333. The molecule has 0 aliphatic carbocycles. The number of benzene rings is 1. The highest BCUT2D eigenvalue weighted by atomic mass is 32.2. The van der Waals surface area contributed by atoms with E-state index < -0.39 is 18.0 Å². The van der Waals surface area contributed by atoms with Crippen molar-refractivity contribution in [3.05, 3.63) is 42.0 Å². The number of alkyl halides is 3. The van der Waals surface area contributed by atoms with Crippen molar-refractivity contribution in [3.8, 4) is 0 Å². The summed E-state index contributed by atoms with van der Waals surface area (Å²) >= 11 is 1.30. The largest absolute Gasteiger partial charge is 0.416 e. The van der Waals surface area contributed by atoms with Crippen molar-refractivity contribution in [2.45, 2.75) is 28.9 Å². The minimum absolute atomic E-state index is 0.0710. The van der Waals surface area contributed by atoms with Crippen molar-refractivity contribution in [2.24, 2.45) is 5.73 Å². The van der Waals surface area contributed by atoms with Gasteiger partial charge in [0.15, 0.2) is 0 Å². The van der Waals surface area contributed by atoms with Crippen LogP contribution in [0.25, 0.3) is 0 Å². The Morgan fingerprint density at radius 3 is 2.76 bits per heavy atom. The summed E-state index contributed by atoms with van der Waals surface area (Å²) in [6.07, 6.45) is -1.01. The van der Waals surface area contributed by atoms with Gasteiger partial charge in [0.1, 0.15) is 12.5 Å². The fourth-order valence-corrected chi connectivity index (χ4v) is 3.13. The van der Waals surface area contributed by atoms with Crippen LogP contribution in [0.4, 0.5) is 13.2 Å². The molecule has 0 aromatic heterocycles. The van der Waals surface area contributed by atoms with E-state index in [2.05, 4.69) is 16.3 Å². The molecule has 0 amide bonds. The molecule has 3 rings (SSSR count). The molecule has 5 N–H and O–H groups in total. The van der Waals surface area contributed by atoms with Crippen molar-refractivity contribution in [1.82, 2.24) is 21.3 Å². The Balaban J connectivity index is 1.71. The number of nitrogens with two attached hydrogens (primary N) is 1. The van der Waals surface area contributed by atoms with Crippen LogP contribution in [0.1, 0.15) is 5.56 Å². The molecule has 114 valence electrons. The number of fused-ring (bicyclic) bond motifs is 1. The molecule has 1 saturated heterocycles. The summed E-state index contributed by atoms with van der Waals surface area (Å²) in [7, 11) is 0. The molecule has 1 aromatic rings. The van der Waals surface area contributed by atoms with Crippen molar-refractivity contribution >= 4 is 11.8 Å². The molecule has 3 unspecified atom stereocenters. The first-order valence-electron chi connectivity index (χ1n) is 6.27. The fourth-order valence-electron chi connectivity index (χ4n) is 2.14. The van der Waals surface area contributed by atoms with Gasteiger partial charge >= 0.3 is 6.18 Å². The maximum absolute atomic E-state index is 12.7. The van der Waals surface area contributed by atoms with Gasteiger partial charge in [0.05, 0.1) is 10.9 Å². The molecular weight excluding hydrogens is 303 g/mol. The SMILES string of the molecule is NC1NNC2C=CC(Sc3cccc(C(F)(F)F)c3)NN12. The van der Waals surface area contributed by atoms with Crippen LogP contribution in [0, 0.1) is 0 Å². The lowest BCUT2D eigenvalue weighted by Gasteiger charge is -2.32. The lowest BCUT2D eigenvalue weighted by atomic mass is 10.2. The predicted molar refractivity (Wildman–Crippen MR) is 73.2 cm³/mol. The van der Waals surface area contributed by atoms with E-state index in [1.165, 1.54) is 17.8 Å². The Hall–Kier alpha value is -1.10. The topological polar surface area (TPSA) is 65.3 Å². The highest BCUT2D eigenvalue weighted by molar-refractivity contribution is 8.00. The first-order valence-corrected chi connectivity index (χ1v) is 7.15. The number of nitrogens with one attached hydrogen (secondary N) is 3. The molecule has 0 radical (unpaired) electrons. The molecule has 2 aliphatic rings. The van der Waals surface area contributed by atoms with Crippen LogP contribution < -0.4 is 22.0 Å². The molecule has 2 aliphatic heterocycles. The summed E-state index contributed by atoms with van der Waals surface area (Å²) < 4.78 is 38.1. The average Bonchev–Trinajstić information content (AvgIpc) is 2.80. The minimum atomic E-state index is -4.33. The quantitative estimate of drug-likeness (QED) is 0.614. The van der Waals surface area contributed by atoms with Crippen LogP contribution in [-0.2, 0) is 6.18 Å². The van der Waals surface area contributed by atoms with E-state index in [4.69, 9.17) is 5.73 Å². The average molecular weight is 317 g/mol. The normalized spacial score (nSPS) is 29.6. The molecule has 9 heteroatoms. The molecule has 0 spiro atoms. The molecular formula is C12H14F3N5S. The van der Waals surface area contributed by atoms with E-state index in [-0.39, 0.29) is 11.5 Å². The van der Waals surface area contributed by atoms with Gasteiger partial charge in [-0.2, -0.15) is 18.2 Å². The standard InChI is InChI=1S/C12H14F3N5S/c13-12(14,15)7-2-1-3-8(6-7)21-10-5-4-9-17-18-11(16)20(9)19-10/h1-6,9-11,17-19H,16H2. The number of thioether (sulfide) groups is 1. The van der Waals surface area contributed by atoms with Gasteiger partial charge in [0.25, 0.3) is 0 Å². The lowest BCUT2D eigenvalue weighted by Crippen LogP contribution is -2.56. The number of rotatable bonds is 2. The summed E-state index contributed by atoms with van der Waals surface area (Å²) in [6.45, 7) is 0. The zero-order valence-electron chi connectivity index (χ0n) is 10.8. The van der Waals surface area contributed by atoms with Gasteiger partial charge in [-0.05, 0) is 18.2 Å². The van der Waals surface area contributed by atoms with Crippen LogP contribution in [-0.4, -0.2) is 22.8 Å². The monoisotopic (exact) mass is 317 g/mol. The Bertz CT molecular complexity index is 550. The summed E-state index contributed by atoms with van der Waals surface area (Å²) in [5, 5.41) is 1.59. The second-order valence-electron chi connectivity index (χ2n) is 4.66. The van der Waals surface area contributed by atoms with E-state index >= 15 is 0 Å². The predicted octanol–water partition coefficient (Wildman–Crippen LogP) is 1.18. The van der Waals surface area contributed by atoms with Gasteiger partial charge < -0.3 is 5.73 Å². The molecule has 1 aromatic carbocycles. The Kier molecular flexibility index (Phi) is 3.95. The van der Waals surface area contributed by atoms with E-state index in [1.54, 1.807) is 11.1 Å². The second kappa shape index (κ2) is 5.59. The first kappa shape index (κ1) is 14.8. The highest BCUT2D eigenvalue weighted by Crippen LogP contribution is 2.33. The Morgan fingerprint density at radius 1 is 1.19 bits per heavy atom. The van der Waals surface area contributed by atoms with Crippen LogP contribution in [0.2, 0.25) is 0 Å². The number of nitrogens with zero attached hydrogens (tertiary/aromatic N) is 1. The second-order valence-corrected chi connectivity index (χ2v) is 5.88. The van der Waals surface area contributed by atoms with Gasteiger partial charge in [0.2, 0.25) is 0 Å². The third-order valence-corrected chi connectivity index (χ3v) is 4.19. The molecule has 3 atom stereocenters. The van der Waals surface area contributed by atoms with Crippen LogP contribution in [0.3, 0.4) is 0 Å². The van der Waals surface area contributed by atoms with Crippen LogP contribution in [0.5, 0.6) is 0 Å². The lowest BCUT2D eigenvalue weighted by molar-refractivity contribution is -0.137. The van der Waals surface area contributed by atoms with Crippen molar-refractivity contribution in [1.29, 1.82) is 0 Å². The molecule has 0 saturated carbocycles. The number of hydrogen-bond donors (Lipinski definition) is 4. The molecule has 1 fully saturated rings. The van der Waals surface area contributed by atoms with Crippen LogP contribution in [0.15, 0.2) is 41.3 Å². The van der Waals surface area contributed by atoms with E-state index in [9.17, 15) is 13.2 Å². The van der Waals surface area contributed by atoms with Gasteiger partial charge in [0, 0.05) is 4.90 Å². The third-order valence-electron chi connectivity index (χ3n) is 3.15. The van der Waals surface area contributed by atoms with Crippen LogP contribution >= 0.6 is 11.8 Å². The van der Waals surface area contributed by atoms with Crippen molar-refractivity contribution in [3.63, 3.8) is 0 Å². The van der Waals surface area contributed by atoms with Gasteiger partial charge in [-0.15, -0.1) is 11.8 Å². The maximum atomic E-state index is 12.7. The summed E-state index contributed by atoms with van der Waals surface area (Å²) in [6, 6.07) is 5.27. The van der Waals surface area contributed by atoms with Crippen molar-refractivity contribution in [2.75, 3.05) is 0 Å². The van der Waals surface area contributed by atoms with E-state index in [0.29, 0.717) is 4.90 Å². The van der Waals surface area contributed by atoms with E-state index in [1.807, 2.05) is 12.2 Å². The zero-order valence-corrected chi connectivity index (χ0v) is 11.6. The van der Waals surface area contributed by atoms with Gasteiger partial charge in [-0.3, -0.25) is 0 Å². The molecule has 0 bridgehead atoms. The molecule has 21 heavy (non-hydrogen) atoms. The Morgan fingerprint density at radius 2 is 2.00 bits per heavy atom. The van der Waals surface area contributed by atoms with Gasteiger partial charge in [-0.25, -0.2) is 16.3 Å². The first-order chi connectivity index (χ1) is 9.93. The number of halogens is 3. The van der Waals surface area contributed by atoms with Gasteiger partial charge in [-0.1, -0.05) is 18.2 Å². The number of hydrogen-bond acceptors (Lipinski definition) is 6. The maximum Gasteiger partial charge on any atom is 0.416 e. The summed E-state index contributed by atoms with van der Waals surface area (Å²) in [5.74, 6) is 0. The molecule has 5 nitrogen and oxygen atoms in total. The van der Waals surface area contributed by atoms with E-state index in [0.717, 1.165) is 12.1 Å². The molecule has 2 heterocycles. The van der Waals surface area contributed by atoms with Crippen molar-refractivity contribution < 1.29 is 13.2 Å². The summed E-state index contributed by atoms with van der Waals surface area (Å²) in [4.78, 5) is 0.541. The third kappa shape index (κ3) is 3.23. The highest BCUT2D eigenvalue weighted by Gasteiger charge is 2.34. The minimum Gasteiger partial charge on any atom is -0.301 e. The number of hydrazine groups is 2.